The number of ether oxygens (including phenoxy) is 1. The minimum Gasteiger partial charge on any atom is -0.494 e. The van der Waals surface area contributed by atoms with Gasteiger partial charge in [-0.2, -0.15) is 0 Å². The molecule has 0 amide bonds. The van der Waals surface area contributed by atoms with E-state index in [2.05, 4.69) is 11.5 Å². The number of carbonyl (C=O) groups excluding carboxylic acids is 1. The van der Waals surface area contributed by atoms with Crippen LogP contribution in [0.2, 0.25) is 0 Å². The first-order valence-electron chi connectivity index (χ1n) is 5.51. The lowest BCUT2D eigenvalue weighted by Crippen LogP contribution is -1.92. The average molecular weight is 217 g/mol. The van der Waals surface area contributed by atoms with Crippen molar-refractivity contribution in [3.8, 4) is 5.75 Å². The second-order valence-corrected chi connectivity index (χ2v) is 3.60. The van der Waals surface area contributed by atoms with Crippen molar-refractivity contribution in [3.63, 3.8) is 0 Å². The molecule has 0 radical (unpaired) electrons. The Morgan fingerprint density at radius 1 is 1.38 bits per heavy atom. The summed E-state index contributed by atoms with van der Waals surface area (Å²) >= 11 is 0. The molecule has 0 saturated carbocycles. The number of carbonyl (C=O) groups is 1. The van der Waals surface area contributed by atoms with Crippen LogP contribution in [0.1, 0.15) is 24.2 Å². The van der Waals surface area contributed by atoms with Gasteiger partial charge in [-0.25, -0.2) is 0 Å². The molecule has 0 saturated heterocycles. The summed E-state index contributed by atoms with van der Waals surface area (Å²) in [5.74, 6) is 0.812. The molecule has 3 nitrogen and oxygen atoms in total. The van der Waals surface area contributed by atoms with Crippen molar-refractivity contribution in [1.82, 2.24) is 4.57 Å². The van der Waals surface area contributed by atoms with E-state index in [0.717, 1.165) is 35.0 Å². The topological polar surface area (TPSA) is 31.2 Å². The van der Waals surface area contributed by atoms with E-state index in [1.165, 1.54) is 0 Å². The van der Waals surface area contributed by atoms with E-state index in [1.54, 1.807) is 0 Å². The highest BCUT2D eigenvalue weighted by Crippen LogP contribution is 2.25. The largest absolute Gasteiger partial charge is 0.494 e. The predicted octanol–water partition coefficient (Wildman–Crippen LogP) is 2.87. The van der Waals surface area contributed by atoms with Gasteiger partial charge in [-0.05, 0) is 32.0 Å². The molecule has 1 aromatic carbocycles. The highest BCUT2D eigenvalue weighted by atomic mass is 16.5. The van der Waals surface area contributed by atoms with Gasteiger partial charge in [0.05, 0.1) is 6.61 Å². The van der Waals surface area contributed by atoms with Gasteiger partial charge in [0.25, 0.3) is 0 Å². The monoisotopic (exact) mass is 217 g/mol. The number of hydrogen-bond acceptors (Lipinski definition) is 2. The molecular formula is C13H15NO2. The molecular weight excluding hydrogens is 202 g/mol. The summed E-state index contributed by atoms with van der Waals surface area (Å²) in [6, 6.07) is 5.86. The first-order valence-corrected chi connectivity index (χ1v) is 5.51. The number of aryl methyl sites for hydroxylation is 1. The van der Waals surface area contributed by atoms with Gasteiger partial charge in [0.2, 0.25) is 0 Å². The normalized spacial score (nSPS) is 10.6. The van der Waals surface area contributed by atoms with Gasteiger partial charge in [0.1, 0.15) is 5.75 Å². The van der Waals surface area contributed by atoms with Crippen LogP contribution in [-0.4, -0.2) is 17.5 Å². The van der Waals surface area contributed by atoms with Gasteiger partial charge in [-0.1, -0.05) is 0 Å². The first-order chi connectivity index (χ1) is 7.80. The van der Waals surface area contributed by atoms with Crippen molar-refractivity contribution in [2.75, 3.05) is 6.61 Å². The Morgan fingerprint density at radius 3 is 2.81 bits per heavy atom. The lowest BCUT2D eigenvalue weighted by atomic mass is 10.2. The maximum Gasteiger partial charge on any atom is 0.152 e. The maximum atomic E-state index is 11.0. The van der Waals surface area contributed by atoms with Gasteiger partial charge >= 0.3 is 0 Å². The van der Waals surface area contributed by atoms with E-state index in [4.69, 9.17) is 4.74 Å². The third kappa shape index (κ3) is 1.69. The molecule has 0 atom stereocenters. The highest BCUT2D eigenvalue weighted by Gasteiger charge is 2.07. The maximum absolute atomic E-state index is 11.0. The molecule has 0 fully saturated rings. The summed E-state index contributed by atoms with van der Waals surface area (Å²) < 4.78 is 7.50. The van der Waals surface area contributed by atoms with Crippen LogP contribution in [0, 0.1) is 0 Å². The van der Waals surface area contributed by atoms with Crippen LogP contribution < -0.4 is 4.74 Å². The molecule has 0 aliphatic heterocycles. The van der Waals surface area contributed by atoms with Crippen LogP contribution >= 0.6 is 0 Å². The molecule has 0 spiro atoms. The molecule has 3 heteroatoms. The lowest BCUT2D eigenvalue weighted by molar-refractivity contribution is 0.112. The van der Waals surface area contributed by atoms with Crippen LogP contribution in [0.15, 0.2) is 24.4 Å². The van der Waals surface area contributed by atoms with Crippen molar-refractivity contribution in [3.05, 3.63) is 30.0 Å². The van der Waals surface area contributed by atoms with Gasteiger partial charge in [0.15, 0.2) is 6.29 Å². The number of benzene rings is 1. The van der Waals surface area contributed by atoms with Gasteiger partial charge in [0, 0.05) is 29.2 Å². The smallest absolute Gasteiger partial charge is 0.152 e. The molecule has 2 rings (SSSR count). The average Bonchev–Trinajstić information content (AvgIpc) is 2.67. The van der Waals surface area contributed by atoms with Gasteiger partial charge in [-0.3, -0.25) is 4.79 Å². The van der Waals surface area contributed by atoms with Crippen molar-refractivity contribution < 1.29 is 9.53 Å². The number of rotatable bonds is 4. The fraction of sp³-hybridized carbons (Fsp3) is 0.308. The van der Waals surface area contributed by atoms with E-state index in [1.807, 2.05) is 31.3 Å². The summed E-state index contributed by atoms with van der Waals surface area (Å²) in [7, 11) is 0. The van der Waals surface area contributed by atoms with Crippen LogP contribution in [0.4, 0.5) is 0 Å². The Kier molecular flexibility index (Phi) is 2.95. The fourth-order valence-electron chi connectivity index (χ4n) is 1.92. The molecule has 84 valence electrons. The minimum absolute atomic E-state index is 0.635. The van der Waals surface area contributed by atoms with E-state index < -0.39 is 0 Å². The van der Waals surface area contributed by atoms with Crippen LogP contribution in [0.3, 0.4) is 0 Å². The molecule has 0 bridgehead atoms. The predicted molar refractivity (Wildman–Crippen MR) is 64.2 cm³/mol. The number of aldehydes is 1. The van der Waals surface area contributed by atoms with E-state index in [9.17, 15) is 4.79 Å². The van der Waals surface area contributed by atoms with Crippen molar-refractivity contribution in [2.24, 2.45) is 0 Å². The van der Waals surface area contributed by atoms with Crippen LogP contribution in [0.5, 0.6) is 5.75 Å². The number of nitrogens with zero attached hydrogens (tertiary/aromatic N) is 1. The summed E-state index contributed by atoms with van der Waals surface area (Å²) in [6.45, 7) is 5.50. The Hall–Kier alpha value is -1.77. The lowest BCUT2D eigenvalue weighted by Gasteiger charge is -2.04. The SMILES string of the molecule is CCOc1ccc2c(c1)c(C=O)cn2CC. The van der Waals surface area contributed by atoms with Crippen molar-refractivity contribution >= 4 is 17.2 Å². The minimum atomic E-state index is 0.635. The van der Waals surface area contributed by atoms with Gasteiger partial charge in [-0.15, -0.1) is 0 Å². The number of aromatic nitrogens is 1. The Bertz CT molecular complexity index is 514. The number of hydrogen-bond donors (Lipinski definition) is 0. The summed E-state index contributed by atoms with van der Waals surface area (Å²) in [6.07, 6.45) is 2.78. The molecule has 16 heavy (non-hydrogen) atoms. The van der Waals surface area contributed by atoms with E-state index in [0.29, 0.717) is 6.61 Å². The molecule has 0 unspecified atom stereocenters. The summed E-state index contributed by atoms with van der Waals surface area (Å²) in [5.41, 5.74) is 1.80. The van der Waals surface area contributed by atoms with Crippen molar-refractivity contribution in [2.45, 2.75) is 20.4 Å². The molecule has 2 aromatic rings. The molecule has 0 aliphatic carbocycles. The second kappa shape index (κ2) is 4.39. The third-order valence-electron chi connectivity index (χ3n) is 2.66. The van der Waals surface area contributed by atoms with Crippen LogP contribution in [-0.2, 0) is 6.54 Å². The molecule has 0 aliphatic rings. The summed E-state index contributed by atoms with van der Waals surface area (Å²) in [4.78, 5) is 11.0. The zero-order valence-corrected chi connectivity index (χ0v) is 9.56. The third-order valence-corrected chi connectivity index (χ3v) is 2.66. The standard InChI is InChI=1S/C13H15NO2/c1-3-14-8-10(9-15)12-7-11(16-4-2)5-6-13(12)14/h5-9H,3-4H2,1-2H3. The highest BCUT2D eigenvalue weighted by molar-refractivity contribution is 5.98. The van der Waals surface area contributed by atoms with Crippen molar-refractivity contribution in [1.29, 1.82) is 0 Å². The quantitative estimate of drug-likeness (QED) is 0.737. The van der Waals surface area contributed by atoms with E-state index in [-0.39, 0.29) is 0 Å². The Morgan fingerprint density at radius 2 is 2.19 bits per heavy atom. The summed E-state index contributed by atoms with van der Waals surface area (Å²) in [5, 5.41) is 0.961. The number of fused-ring (bicyclic) bond motifs is 1. The zero-order valence-electron chi connectivity index (χ0n) is 9.56. The fourth-order valence-corrected chi connectivity index (χ4v) is 1.92. The molecule has 1 heterocycles. The second-order valence-electron chi connectivity index (χ2n) is 3.60. The molecule has 1 aromatic heterocycles. The van der Waals surface area contributed by atoms with Gasteiger partial charge < -0.3 is 9.30 Å². The first kappa shape index (κ1) is 10.7. The van der Waals surface area contributed by atoms with Crippen LogP contribution in [0.25, 0.3) is 10.9 Å². The van der Waals surface area contributed by atoms with E-state index >= 15 is 0 Å². The zero-order chi connectivity index (χ0) is 11.5. The Labute approximate surface area is 94.6 Å². The Balaban J connectivity index is 2.61. The molecule has 0 N–H and O–H groups in total.